The number of aromatic nitrogens is 3. The van der Waals surface area contributed by atoms with Crippen molar-refractivity contribution in [2.45, 2.75) is 19.9 Å². The van der Waals surface area contributed by atoms with E-state index >= 15 is 0 Å². The van der Waals surface area contributed by atoms with Crippen LogP contribution in [0.5, 0.6) is 0 Å². The molecule has 1 aromatic carbocycles. The van der Waals surface area contributed by atoms with Crippen molar-refractivity contribution >= 4 is 43.7 Å². The predicted octanol–water partition coefficient (Wildman–Crippen LogP) is 3.82. The maximum absolute atomic E-state index is 13.3. The number of rotatable bonds is 3. The lowest BCUT2D eigenvalue weighted by Crippen LogP contribution is -2.24. The molecule has 0 unspecified atom stereocenters. The minimum absolute atomic E-state index is 0.108. The van der Waals surface area contributed by atoms with Crippen LogP contribution in [0.3, 0.4) is 0 Å². The third-order valence-electron chi connectivity index (χ3n) is 3.69. The molecule has 0 saturated carbocycles. The lowest BCUT2D eigenvalue weighted by Gasteiger charge is -2.06. The molecule has 0 radical (unpaired) electrons. The summed E-state index contributed by atoms with van der Waals surface area (Å²) in [6.45, 7) is 2.33. The van der Waals surface area contributed by atoms with Gasteiger partial charge >= 0.3 is 0 Å². The lowest BCUT2D eigenvalue weighted by atomic mass is 10.2. The molecule has 116 valence electrons. The van der Waals surface area contributed by atoms with Gasteiger partial charge in [-0.3, -0.25) is 4.79 Å². The van der Waals surface area contributed by atoms with Crippen LogP contribution in [-0.4, -0.2) is 14.8 Å². The van der Waals surface area contributed by atoms with Crippen molar-refractivity contribution in [1.82, 2.24) is 14.8 Å². The first-order valence-electron chi connectivity index (χ1n) is 7.16. The molecule has 4 nitrogen and oxygen atoms in total. The molecular formula is C16H12FN3OS2. The minimum atomic E-state index is -0.308. The molecule has 7 heteroatoms. The fraction of sp³-hybridized carbons (Fsp3) is 0.188. The minimum Gasteiger partial charge on any atom is -0.267 e. The largest absolute Gasteiger partial charge is 0.275 e. The molecule has 0 fully saturated rings. The first-order chi connectivity index (χ1) is 11.2. The predicted molar refractivity (Wildman–Crippen MR) is 91.9 cm³/mol. The molecule has 0 aliphatic heterocycles. The Morgan fingerprint density at radius 2 is 2.09 bits per heavy atom. The summed E-state index contributed by atoms with van der Waals surface area (Å²) in [7, 11) is 0. The number of halogens is 1. The van der Waals surface area contributed by atoms with Gasteiger partial charge in [-0.25, -0.2) is 14.1 Å². The highest BCUT2D eigenvalue weighted by atomic mass is 32.1. The van der Waals surface area contributed by atoms with Crippen molar-refractivity contribution in [3.63, 3.8) is 0 Å². The molecule has 0 spiro atoms. The van der Waals surface area contributed by atoms with Gasteiger partial charge in [0.05, 0.1) is 27.8 Å². The van der Waals surface area contributed by atoms with E-state index in [0.29, 0.717) is 17.4 Å². The summed E-state index contributed by atoms with van der Waals surface area (Å²) in [5.41, 5.74) is 1.42. The first kappa shape index (κ1) is 14.5. The zero-order valence-corrected chi connectivity index (χ0v) is 13.9. The Balaban J connectivity index is 1.82. The van der Waals surface area contributed by atoms with E-state index in [1.54, 1.807) is 6.07 Å². The van der Waals surface area contributed by atoms with Crippen LogP contribution < -0.4 is 5.56 Å². The van der Waals surface area contributed by atoms with Gasteiger partial charge < -0.3 is 0 Å². The molecule has 3 heterocycles. The Hall–Kier alpha value is -2.12. The molecular weight excluding hydrogens is 333 g/mol. The molecule has 3 aromatic heterocycles. The Morgan fingerprint density at radius 3 is 2.91 bits per heavy atom. The maximum atomic E-state index is 13.3. The number of aryl methyl sites for hydroxylation is 1. The van der Waals surface area contributed by atoms with Gasteiger partial charge in [-0.15, -0.1) is 11.3 Å². The summed E-state index contributed by atoms with van der Waals surface area (Å²) in [5.74, 6) is -0.308. The van der Waals surface area contributed by atoms with Gasteiger partial charge in [-0.1, -0.05) is 6.92 Å². The maximum Gasteiger partial charge on any atom is 0.275 e. The van der Waals surface area contributed by atoms with Gasteiger partial charge in [-0.05, 0) is 18.6 Å². The summed E-state index contributed by atoms with van der Waals surface area (Å²) in [5, 5.41) is 10.7. The quantitative estimate of drug-likeness (QED) is 0.567. The Labute approximate surface area is 138 Å². The fourth-order valence-corrected chi connectivity index (χ4v) is 4.34. The summed E-state index contributed by atoms with van der Waals surface area (Å²) in [6.07, 6.45) is 0.762. The van der Waals surface area contributed by atoms with E-state index in [-0.39, 0.29) is 11.4 Å². The zero-order chi connectivity index (χ0) is 16.0. The number of hydrogen-bond donors (Lipinski definition) is 0. The number of thiophene rings is 1. The summed E-state index contributed by atoms with van der Waals surface area (Å²) < 4.78 is 15.6. The molecule has 0 bridgehead atoms. The molecule has 0 aliphatic carbocycles. The number of hydrogen-bond acceptors (Lipinski definition) is 5. The van der Waals surface area contributed by atoms with Crippen molar-refractivity contribution in [3.05, 3.63) is 55.8 Å². The van der Waals surface area contributed by atoms with Crippen LogP contribution in [0.1, 0.15) is 17.6 Å². The normalized spacial score (nSPS) is 11.6. The Morgan fingerprint density at radius 1 is 1.26 bits per heavy atom. The van der Waals surface area contributed by atoms with E-state index < -0.39 is 0 Å². The lowest BCUT2D eigenvalue weighted by molar-refractivity contribution is 0.627. The second kappa shape index (κ2) is 5.50. The van der Waals surface area contributed by atoms with Crippen LogP contribution in [0.2, 0.25) is 0 Å². The van der Waals surface area contributed by atoms with Gasteiger partial charge in [0, 0.05) is 22.2 Å². The van der Waals surface area contributed by atoms with E-state index in [9.17, 15) is 9.18 Å². The number of nitrogens with zero attached hydrogens (tertiary/aromatic N) is 3. The van der Waals surface area contributed by atoms with Crippen LogP contribution in [0, 0.1) is 5.82 Å². The highest BCUT2D eigenvalue weighted by Gasteiger charge is 2.12. The number of thiazole rings is 1. The summed E-state index contributed by atoms with van der Waals surface area (Å²) in [6, 6.07) is 4.54. The van der Waals surface area contributed by atoms with Crippen LogP contribution in [0.4, 0.5) is 4.39 Å². The van der Waals surface area contributed by atoms with E-state index in [0.717, 1.165) is 27.2 Å². The van der Waals surface area contributed by atoms with Gasteiger partial charge in [-0.2, -0.15) is 16.4 Å². The van der Waals surface area contributed by atoms with Crippen molar-refractivity contribution in [3.8, 4) is 0 Å². The van der Waals surface area contributed by atoms with Crippen LogP contribution in [0.25, 0.3) is 21.0 Å². The number of fused-ring (bicyclic) bond motifs is 2. The summed E-state index contributed by atoms with van der Waals surface area (Å²) in [4.78, 5) is 17.0. The third kappa shape index (κ3) is 2.46. The van der Waals surface area contributed by atoms with Gasteiger partial charge in [0.2, 0.25) is 0 Å². The SMILES string of the molecule is CCc1nn(Cc2nc3cc(F)ccc3s2)c(=O)c2cscc12. The number of benzene rings is 1. The highest BCUT2D eigenvalue weighted by Crippen LogP contribution is 2.24. The molecule has 0 atom stereocenters. The van der Waals surface area contributed by atoms with Gasteiger partial charge in [0.15, 0.2) is 0 Å². The van der Waals surface area contributed by atoms with Crippen molar-refractivity contribution < 1.29 is 4.39 Å². The molecule has 0 aliphatic rings. The molecule has 0 N–H and O–H groups in total. The van der Waals surface area contributed by atoms with E-state index in [2.05, 4.69) is 10.1 Å². The van der Waals surface area contributed by atoms with Crippen LogP contribution >= 0.6 is 22.7 Å². The molecule has 4 rings (SSSR count). The van der Waals surface area contributed by atoms with Crippen molar-refractivity contribution in [2.75, 3.05) is 0 Å². The molecule has 23 heavy (non-hydrogen) atoms. The average Bonchev–Trinajstić information content (AvgIpc) is 3.16. The topological polar surface area (TPSA) is 47.8 Å². The van der Waals surface area contributed by atoms with Gasteiger partial charge in [0.25, 0.3) is 5.56 Å². The molecule has 0 amide bonds. The van der Waals surface area contributed by atoms with Crippen molar-refractivity contribution in [2.24, 2.45) is 0 Å². The average molecular weight is 345 g/mol. The van der Waals surface area contributed by atoms with E-state index in [1.165, 1.54) is 39.5 Å². The van der Waals surface area contributed by atoms with E-state index in [1.807, 2.05) is 17.7 Å². The monoisotopic (exact) mass is 345 g/mol. The second-order valence-electron chi connectivity index (χ2n) is 5.18. The fourth-order valence-electron chi connectivity index (χ4n) is 2.58. The smallest absolute Gasteiger partial charge is 0.267 e. The van der Waals surface area contributed by atoms with Crippen LogP contribution in [0.15, 0.2) is 33.8 Å². The Kier molecular flexibility index (Phi) is 3.46. The Bertz CT molecular complexity index is 1080. The third-order valence-corrected chi connectivity index (χ3v) is 5.46. The zero-order valence-electron chi connectivity index (χ0n) is 12.2. The van der Waals surface area contributed by atoms with Gasteiger partial charge in [0.1, 0.15) is 10.8 Å². The molecule has 0 saturated heterocycles. The van der Waals surface area contributed by atoms with E-state index in [4.69, 9.17) is 0 Å². The summed E-state index contributed by atoms with van der Waals surface area (Å²) >= 11 is 2.96. The van der Waals surface area contributed by atoms with Crippen molar-refractivity contribution in [1.29, 1.82) is 0 Å². The molecule has 4 aromatic rings. The highest BCUT2D eigenvalue weighted by molar-refractivity contribution is 7.18. The second-order valence-corrected chi connectivity index (χ2v) is 7.04. The first-order valence-corrected chi connectivity index (χ1v) is 8.92. The van der Waals surface area contributed by atoms with Crippen LogP contribution in [-0.2, 0) is 13.0 Å². The standard InChI is InChI=1S/C16H12FN3OS2/c1-2-12-10-7-22-8-11(10)16(21)20(19-12)6-15-18-13-5-9(17)3-4-14(13)23-15/h3-5,7-8H,2,6H2,1H3.